The van der Waals surface area contributed by atoms with Gasteiger partial charge >= 0.3 is 62.0 Å². The molecular weight excluding hydrogens is 125 g/mol. The molecule has 1 unspecified atom stereocenters. The van der Waals surface area contributed by atoms with E-state index in [1.54, 1.807) is 0 Å². The summed E-state index contributed by atoms with van der Waals surface area (Å²) in [5.41, 5.74) is -0.0493. The quantitative estimate of drug-likeness (QED) is 0.508. The van der Waals surface area contributed by atoms with Crippen molar-refractivity contribution in [2.75, 3.05) is 0 Å². The van der Waals surface area contributed by atoms with Crippen LogP contribution in [0.2, 0.25) is 6.32 Å². The molecular formula is C7H14BNO. The SMILES string of the molecule is CC(C)(C)OC1CCB=N1. The monoisotopic (exact) mass is 139 g/mol. The van der Waals surface area contributed by atoms with Crippen molar-refractivity contribution in [1.82, 2.24) is 0 Å². The topological polar surface area (TPSA) is 21.6 Å². The minimum atomic E-state index is -0.0493. The van der Waals surface area contributed by atoms with Crippen molar-refractivity contribution in [3.63, 3.8) is 0 Å². The van der Waals surface area contributed by atoms with E-state index in [-0.39, 0.29) is 11.8 Å². The molecule has 10 heavy (non-hydrogen) atoms. The van der Waals surface area contributed by atoms with E-state index in [9.17, 15) is 0 Å². The van der Waals surface area contributed by atoms with Crippen LogP contribution in [0.5, 0.6) is 0 Å². The third-order valence-corrected chi connectivity index (χ3v) is 1.30. The third kappa shape index (κ3) is 2.61. The van der Waals surface area contributed by atoms with Gasteiger partial charge in [-0.2, -0.15) is 0 Å². The van der Waals surface area contributed by atoms with Crippen molar-refractivity contribution >= 4 is 7.07 Å². The summed E-state index contributed by atoms with van der Waals surface area (Å²) in [5.74, 6) is 0. The fourth-order valence-corrected chi connectivity index (χ4v) is 0.981. The van der Waals surface area contributed by atoms with Crippen molar-refractivity contribution < 1.29 is 4.74 Å². The Morgan fingerprint density at radius 3 is 2.60 bits per heavy atom. The van der Waals surface area contributed by atoms with Crippen molar-refractivity contribution in [3.8, 4) is 0 Å². The van der Waals surface area contributed by atoms with Gasteiger partial charge in [0, 0.05) is 0 Å². The summed E-state index contributed by atoms with van der Waals surface area (Å²) < 4.78 is 5.60. The molecule has 0 aromatic carbocycles. The molecule has 0 bridgehead atoms. The predicted molar refractivity (Wildman–Crippen MR) is 42.2 cm³/mol. The van der Waals surface area contributed by atoms with Crippen LogP contribution >= 0.6 is 0 Å². The summed E-state index contributed by atoms with van der Waals surface area (Å²) in [6.45, 7) is 6.17. The van der Waals surface area contributed by atoms with E-state index in [0.717, 1.165) is 12.7 Å². The van der Waals surface area contributed by atoms with Gasteiger partial charge in [-0.15, -0.1) is 0 Å². The average Bonchev–Trinajstić information content (AvgIpc) is 2.12. The zero-order chi connectivity index (χ0) is 7.61. The van der Waals surface area contributed by atoms with E-state index in [0.29, 0.717) is 0 Å². The maximum atomic E-state index is 5.60. The molecule has 0 saturated carbocycles. The number of rotatable bonds is 1. The molecule has 3 heteroatoms. The molecule has 0 aliphatic carbocycles. The van der Waals surface area contributed by atoms with Crippen molar-refractivity contribution in [3.05, 3.63) is 0 Å². The van der Waals surface area contributed by atoms with Gasteiger partial charge in [-0.1, -0.05) is 0 Å². The molecule has 0 aromatic heterocycles. The summed E-state index contributed by atoms with van der Waals surface area (Å²) in [7, 11) is 1.94. The Morgan fingerprint density at radius 1 is 1.50 bits per heavy atom. The van der Waals surface area contributed by atoms with Crippen LogP contribution in [0.15, 0.2) is 4.90 Å². The summed E-state index contributed by atoms with van der Waals surface area (Å²) in [5, 5.41) is 0. The van der Waals surface area contributed by atoms with Gasteiger partial charge < -0.3 is 0 Å². The molecule has 0 amide bonds. The predicted octanol–water partition coefficient (Wildman–Crippen LogP) is 1.84. The second kappa shape index (κ2) is 2.83. The molecule has 1 rings (SSSR count). The first-order valence-electron chi connectivity index (χ1n) is 3.77. The molecule has 1 heterocycles. The van der Waals surface area contributed by atoms with Crippen LogP contribution in [0.25, 0.3) is 0 Å². The standard InChI is InChI=1S/C7H14BNO/c1-7(2,3)10-6-4-5-8-9-6/h6H,4-5H2,1-3H3. The third-order valence-electron chi connectivity index (χ3n) is 1.30. The first-order valence-corrected chi connectivity index (χ1v) is 3.77. The molecule has 0 saturated heterocycles. The summed E-state index contributed by atoms with van der Waals surface area (Å²) in [6.07, 6.45) is 2.25. The van der Waals surface area contributed by atoms with Crippen LogP contribution in [0.4, 0.5) is 0 Å². The number of ether oxygens (including phenoxy) is 1. The molecule has 1 aliphatic heterocycles. The number of hydrogen-bond acceptors (Lipinski definition) is 2. The second-order valence-corrected chi connectivity index (χ2v) is 3.59. The fourth-order valence-electron chi connectivity index (χ4n) is 0.981. The minimum absolute atomic E-state index is 0.0493. The molecule has 1 atom stereocenters. The van der Waals surface area contributed by atoms with Gasteiger partial charge in [0.05, 0.1) is 0 Å². The summed E-state index contributed by atoms with van der Waals surface area (Å²) >= 11 is 0. The number of nitrogens with zero attached hydrogens (tertiary/aromatic N) is 1. The molecule has 2 nitrogen and oxygen atoms in total. The summed E-state index contributed by atoms with van der Waals surface area (Å²) in [6, 6.07) is 0. The van der Waals surface area contributed by atoms with Gasteiger partial charge in [-0.3, -0.25) is 0 Å². The first kappa shape index (κ1) is 7.93. The average molecular weight is 139 g/mol. The maximum absolute atomic E-state index is 5.60. The van der Waals surface area contributed by atoms with Crippen LogP contribution in [0, 0.1) is 0 Å². The van der Waals surface area contributed by atoms with E-state index in [1.807, 2.05) is 7.07 Å². The fraction of sp³-hybridized carbons (Fsp3) is 1.00. The normalized spacial score (nSPS) is 24.9. The van der Waals surface area contributed by atoms with Gasteiger partial charge in [-0.05, 0) is 0 Å². The molecule has 0 radical (unpaired) electrons. The Labute approximate surface area is 62.9 Å². The van der Waals surface area contributed by atoms with E-state index < -0.39 is 0 Å². The Kier molecular flexibility index (Phi) is 2.24. The van der Waals surface area contributed by atoms with Crippen LogP contribution in [0.3, 0.4) is 0 Å². The molecule has 0 fully saturated rings. The molecule has 0 N–H and O–H groups in total. The molecule has 0 aromatic rings. The Bertz CT molecular complexity index is 139. The van der Waals surface area contributed by atoms with Crippen molar-refractivity contribution in [2.45, 2.75) is 45.3 Å². The van der Waals surface area contributed by atoms with E-state index >= 15 is 0 Å². The second-order valence-electron chi connectivity index (χ2n) is 3.59. The molecule has 1 aliphatic rings. The Hall–Kier alpha value is -0.175. The van der Waals surface area contributed by atoms with E-state index in [1.165, 1.54) is 0 Å². The van der Waals surface area contributed by atoms with Crippen LogP contribution in [-0.4, -0.2) is 18.9 Å². The van der Waals surface area contributed by atoms with E-state index in [4.69, 9.17) is 4.74 Å². The van der Waals surface area contributed by atoms with Gasteiger partial charge in [-0.25, -0.2) is 0 Å². The van der Waals surface area contributed by atoms with Crippen LogP contribution in [-0.2, 0) is 4.74 Å². The Balaban J connectivity index is 2.31. The zero-order valence-electron chi connectivity index (χ0n) is 6.92. The van der Waals surface area contributed by atoms with Crippen LogP contribution < -0.4 is 0 Å². The van der Waals surface area contributed by atoms with Crippen LogP contribution in [0.1, 0.15) is 27.2 Å². The van der Waals surface area contributed by atoms with Crippen molar-refractivity contribution in [1.29, 1.82) is 0 Å². The van der Waals surface area contributed by atoms with E-state index in [2.05, 4.69) is 25.7 Å². The zero-order valence-corrected chi connectivity index (χ0v) is 6.92. The molecule has 56 valence electrons. The van der Waals surface area contributed by atoms with Gasteiger partial charge in [0.1, 0.15) is 0 Å². The first-order chi connectivity index (χ1) is 4.58. The summed E-state index contributed by atoms with van der Waals surface area (Å²) in [4.78, 5) is 4.17. The van der Waals surface area contributed by atoms with Gasteiger partial charge in [0.2, 0.25) is 0 Å². The molecule has 0 spiro atoms. The van der Waals surface area contributed by atoms with Gasteiger partial charge in [0.25, 0.3) is 0 Å². The van der Waals surface area contributed by atoms with Gasteiger partial charge in [0.15, 0.2) is 0 Å². The Morgan fingerprint density at radius 2 is 2.20 bits per heavy atom. The van der Waals surface area contributed by atoms with Crippen molar-refractivity contribution in [2.24, 2.45) is 4.90 Å². The number of hydrogen-bond donors (Lipinski definition) is 0.